The smallest absolute Gasteiger partial charge is 0.339 e. The fourth-order valence-corrected chi connectivity index (χ4v) is 3.97. The molecule has 5 rings (SSSR count). The summed E-state index contributed by atoms with van der Waals surface area (Å²) in [6, 6.07) is 23.9. The third kappa shape index (κ3) is 3.20. The van der Waals surface area contributed by atoms with Crippen molar-refractivity contribution in [3.05, 3.63) is 118 Å². The summed E-state index contributed by atoms with van der Waals surface area (Å²) in [6.45, 7) is -0.473. The lowest BCUT2D eigenvalue weighted by molar-refractivity contribution is 0.0473. The lowest BCUT2D eigenvalue weighted by Crippen LogP contribution is -2.25. The van der Waals surface area contributed by atoms with Crippen molar-refractivity contribution in [3.63, 3.8) is 0 Å². The fraction of sp³-hybridized carbons (Fsp3) is 0.0370. The second-order valence-corrected chi connectivity index (χ2v) is 7.49. The van der Waals surface area contributed by atoms with Crippen LogP contribution in [0.5, 0.6) is 0 Å². The number of ketones is 3. The van der Waals surface area contributed by atoms with Crippen LogP contribution in [-0.4, -0.2) is 29.9 Å². The predicted molar refractivity (Wildman–Crippen MR) is 118 cm³/mol. The van der Waals surface area contributed by atoms with Gasteiger partial charge in [-0.3, -0.25) is 14.4 Å². The van der Waals surface area contributed by atoms with Crippen LogP contribution in [0, 0.1) is 0 Å². The van der Waals surface area contributed by atoms with Crippen molar-refractivity contribution in [2.24, 2.45) is 0 Å². The van der Waals surface area contributed by atoms with Crippen molar-refractivity contribution in [2.75, 3.05) is 6.61 Å². The molecule has 0 amide bonds. The van der Waals surface area contributed by atoms with Crippen LogP contribution in [0.25, 0.3) is 10.8 Å². The highest BCUT2D eigenvalue weighted by Crippen LogP contribution is 2.29. The number of esters is 1. The normalized spacial score (nSPS) is 12.2. The molecular weight excluding hydrogens is 404 g/mol. The zero-order chi connectivity index (χ0) is 22.2. The molecule has 0 unspecified atom stereocenters. The largest absolute Gasteiger partial charge is 0.454 e. The third-order valence-electron chi connectivity index (χ3n) is 5.58. The molecular formula is C27H16O5. The zero-order valence-corrected chi connectivity index (χ0v) is 16.8. The quantitative estimate of drug-likeness (QED) is 0.312. The number of hydrogen-bond donors (Lipinski definition) is 0. The molecule has 0 heterocycles. The monoisotopic (exact) mass is 420 g/mol. The first-order valence-corrected chi connectivity index (χ1v) is 10.0. The molecule has 0 saturated carbocycles. The molecule has 0 spiro atoms. The first-order chi connectivity index (χ1) is 15.5. The summed E-state index contributed by atoms with van der Waals surface area (Å²) < 4.78 is 5.24. The number of carbonyl (C=O) groups is 4. The van der Waals surface area contributed by atoms with Gasteiger partial charge < -0.3 is 4.74 Å². The number of carbonyl (C=O) groups excluding carboxylic acids is 4. The van der Waals surface area contributed by atoms with Gasteiger partial charge in [-0.2, -0.15) is 0 Å². The average Bonchev–Trinajstić information content (AvgIpc) is 2.84. The van der Waals surface area contributed by atoms with Crippen molar-refractivity contribution in [1.29, 1.82) is 0 Å². The standard InChI is InChI=1S/C27H16O5/c28-23(18-13-12-16-6-1-2-7-17(16)14-18)15-32-27(31)22-11-5-10-21-24(22)26(30)20-9-4-3-8-19(20)25(21)29/h1-14H,15H2. The molecule has 32 heavy (non-hydrogen) atoms. The van der Waals surface area contributed by atoms with Crippen molar-refractivity contribution in [1.82, 2.24) is 0 Å². The van der Waals surface area contributed by atoms with Gasteiger partial charge in [0, 0.05) is 27.8 Å². The molecule has 0 aliphatic heterocycles. The maximum atomic E-state index is 13.0. The molecule has 4 aromatic carbocycles. The van der Waals surface area contributed by atoms with Gasteiger partial charge in [-0.05, 0) is 22.9 Å². The number of fused-ring (bicyclic) bond motifs is 3. The summed E-state index contributed by atoms with van der Waals surface area (Å²) in [5.41, 5.74) is 1.12. The Morgan fingerprint density at radius 1 is 0.656 bits per heavy atom. The summed E-state index contributed by atoms with van der Waals surface area (Å²) in [6.07, 6.45) is 0. The Bertz CT molecular complexity index is 1450. The molecule has 154 valence electrons. The van der Waals surface area contributed by atoms with Gasteiger partial charge in [0.05, 0.1) is 5.56 Å². The van der Waals surface area contributed by atoms with Crippen LogP contribution in [0.1, 0.15) is 52.6 Å². The average molecular weight is 420 g/mol. The maximum absolute atomic E-state index is 13.0. The number of rotatable bonds is 4. The van der Waals surface area contributed by atoms with Gasteiger partial charge in [-0.15, -0.1) is 0 Å². The van der Waals surface area contributed by atoms with E-state index < -0.39 is 18.4 Å². The van der Waals surface area contributed by atoms with Gasteiger partial charge in [0.15, 0.2) is 24.0 Å². The highest BCUT2D eigenvalue weighted by Gasteiger charge is 2.33. The van der Waals surface area contributed by atoms with Gasteiger partial charge in [-0.1, -0.05) is 72.8 Å². The van der Waals surface area contributed by atoms with E-state index >= 15 is 0 Å². The van der Waals surface area contributed by atoms with Crippen LogP contribution >= 0.6 is 0 Å². The lowest BCUT2D eigenvalue weighted by Gasteiger charge is -2.19. The summed E-state index contributed by atoms with van der Waals surface area (Å²) >= 11 is 0. The van der Waals surface area contributed by atoms with Gasteiger partial charge in [0.25, 0.3) is 0 Å². The summed E-state index contributed by atoms with van der Waals surface area (Å²) in [4.78, 5) is 51.2. The molecule has 0 bridgehead atoms. The van der Waals surface area contributed by atoms with E-state index in [-0.39, 0.29) is 33.8 Å². The fourth-order valence-electron chi connectivity index (χ4n) is 3.97. The van der Waals surface area contributed by atoms with Crippen molar-refractivity contribution in [2.45, 2.75) is 0 Å². The second-order valence-electron chi connectivity index (χ2n) is 7.49. The first kappa shape index (κ1) is 19.6. The predicted octanol–water partition coefficient (Wildman–Crippen LogP) is 4.65. The molecule has 0 atom stereocenters. The summed E-state index contributed by atoms with van der Waals surface area (Å²) in [7, 11) is 0. The van der Waals surface area contributed by atoms with Crippen LogP contribution in [0.2, 0.25) is 0 Å². The Morgan fingerprint density at radius 2 is 1.31 bits per heavy atom. The number of ether oxygens (including phenoxy) is 1. The second kappa shape index (κ2) is 7.71. The number of benzene rings is 4. The SMILES string of the molecule is O=C(COC(=O)c1cccc2c1C(=O)c1ccccc1C2=O)c1ccc2ccccc2c1. The van der Waals surface area contributed by atoms with Gasteiger partial charge in [0.1, 0.15) is 0 Å². The summed E-state index contributed by atoms with van der Waals surface area (Å²) in [5, 5.41) is 1.91. The Morgan fingerprint density at radius 3 is 2.09 bits per heavy atom. The minimum atomic E-state index is -0.823. The van der Waals surface area contributed by atoms with E-state index in [9.17, 15) is 19.2 Å². The Kier molecular flexibility index (Phi) is 4.71. The molecule has 0 fully saturated rings. The highest BCUT2D eigenvalue weighted by molar-refractivity contribution is 6.30. The molecule has 0 radical (unpaired) electrons. The minimum Gasteiger partial charge on any atom is -0.454 e. The molecule has 0 saturated heterocycles. The molecule has 1 aliphatic carbocycles. The number of Topliss-reactive ketones (excluding diaryl/α,β-unsaturated/α-hetero) is 1. The van der Waals surface area contributed by atoms with Gasteiger partial charge in [-0.25, -0.2) is 4.79 Å². The van der Waals surface area contributed by atoms with Gasteiger partial charge in [0.2, 0.25) is 0 Å². The van der Waals surface area contributed by atoms with E-state index in [1.807, 2.05) is 30.3 Å². The molecule has 4 aromatic rings. The number of hydrogen-bond acceptors (Lipinski definition) is 5. The van der Waals surface area contributed by atoms with Crippen molar-refractivity contribution >= 4 is 34.1 Å². The molecule has 5 heteroatoms. The molecule has 0 aromatic heterocycles. The van der Waals surface area contributed by atoms with Crippen LogP contribution in [0.4, 0.5) is 0 Å². The maximum Gasteiger partial charge on any atom is 0.339 e. The van der Waals surface area contributed by atoms with Crippen molar-refractivity contribution < 1.29 is 23.9 Å². The lowest BCUT2D eigenvalue weighted by atomic mass is 9.82. The van der Waals surface area contributed by atoms with E-state index in [2.05, 4.69) is 0 Å². The highest BCUT2D eigenvalue weighted by atomic mass is 16.5. The van der Waals surface area contributed by atoms with Crippen LogP contribution in [0.15, 0.2) is 84.9 Å². The first-order valence-electron chi connectivity index (χ1n) is 10.0. The zero-order valence-electron chi connectivity index (χ0n) is 16.8. The van der Waals surface area contributed by atoms with Gasteiger partial charge >= 0.3 is 5.97 Å². The molecule has 5 nitrogen and oxygen atoms in total. The van der Waals surface area contributed by atoms with Crippen LogP contribution < -0.4 is 0 Å². The van der Waals surface area contributed by atoms with E-state index in [0.29, 0.717) is 11.1 Å². The van der Waals surface area contributed by atoms with Crippen molar-refractivity contribution in [3.8, 4) is 0 Å². The topological polar surface area (TPSA) is 77.5 Å². The molecule has 0 N–H and O–H groups in total. The minimum absolute atomic E-state index is 0.0133. The van der Waals surface area contributed by atoms with E-state index in [1.54, 1.807) is 36.4 Å². The van der Waals surface area contributed by atoms with E-state index in [0.717, 1.165) is 10.8 Å². The van der Waals surface area contributed by atoms with Crippen LogP contribution in [-0.2, 0) is 4.74 Å². The Hall–Kier alpha value is -4.38. The summed E-state index contributed by atoms with van der Waals surface area (Å²) in [5.74, 6) is -1.92. The Balaban J connectivity index is 1.40. The van der Waals surface area contributed by atoms with E-state index in [1.165, 1.54) is 18.2 Å². The Labute approximate surface area is 183 Å². The van der Waals surface area contributed by atoms with E-state index in [4.69, 9.17) is 4.74 Å². The third-order valence-corrected chi connectivity index (χ3v) is 5.58. The van der Waals surface area contributed by atoms with Crippen LogP contribution in [0.3, 0.4) is 0 Å². The molecule has 1 aliphatic rings.